The van der Waals surface area contributed by atoms with Crippen molar-refractivity contribution in [2.75, 3.05) is 19.8 Å². The molecule has 1 aliphatic rings. The summed E-state index contributed by atoms with van der Waals surface area (Å²) in [5.41, 5.74) is 3.28. The van der Waals surface area contributed by atoms with Crippen LogP contribution in [0, 0.1) is 0 Å². The van der Waals surface area contributed by atoms with Crippen LogP contribution < -0.4 is 4.74 Å². The molecule has 0 spiro atoms. The second-order valence-electron chi connectivity index (χ2n) is 7.73. The first-order chi connectivity index (χ1) is 15.1. The molecule has 1 aromatic heterocycles. The van der Waals surface area contributed by atoms with Crippen molar-refractivity contribution in [2.45, 2.75) is 31.6 Å². The summed E-state index contributed by atoms with van der Waals surface area (Å²) in [6.07, 6.45) is 7.68. The molecule has 1 fully saturated rings. The number of aliphatic hydroxyl groups excluding tert-OH is 2. The molecule has 0 unspecified atom stereocenters. The fourth-order valence-corrected chi connectivity index (χ4v) is 3.70. The van der Waals surface area contributed by atoms with Gasteiger partial charge in [0.05, 0.1) is 25.9 Å². The molecule has 0 amide bonds. The van der Waals surface area contributed by atoms with Crippen molar-refractivity contribution in [1.82, 2.24) is 9.55 Å². The zero-order valence-corrected chi connectivity index (χ0v) is 17.6. The monoisotopic (exact) mass is 420 g/mol. The van der Waals surface area contributed by atoms with E-state index in [1.165, 1.54) is 0 Å². The van der Waals surface area contributed by atoms with Gasteiger partial charge in [-0.2, -0.15) is 0 Å². The van der Waals surface area contributed by atoms with Crippen LogP contribution in [0.15, 0.2) is 67.0 Å². The van der Waals surface area contributed by atoms with Gasteiger partial charge in [0.25, 0.3) is 0 Å². The predicted molar refractivity (Wildman–Crippen MR) is 120 cm³/mol. The van der Waals surface area contributed by atoms with E-state index in [0.717, 1.165) is 35.5 Å². The molecule has 162 valence electrons. The number of nitrogens with zero attached hydrogens (tertiary/aromatic N) is 2. The van der Waals surface area contributed by atoms with E-state index in [1.54, 1.807) is 23.9 Å². The van der Waals surface area contributed by atoms with Gasteiger partial charge in [-0.05, 0) is 35.7 Å². The summed E-state index contributed by atoms with van der Waals surface area (Å²) in [6.45, 7) is 3.02. The third-order valence-corrected chi connectivity index (χ3v) is 5.42. The Morgan fingerprint density at radius 1 is 1.16 bits per heavy atom. The minimum absolute atomic E-state index is 0.0773. The van der Waals surface area contributed by atoms with Gasteiger partial charge in [0.2, 0.25) is 0 Å². The predicted octanol–water partition coefficient (Wildman–Crippen LogP) is 4.02. The number of hydrogen-bond donors (Lipinski definition) is 2. The van der Waals surface area contributed by atoms with Crippen molar-refractivity contribution in [2.24, 2.45) is 0 Å². The topological polar surface area (TPSA) is 76.7 Å². The number of aliphatic hydroxyl groups is 2. The van der Waals surface area contributed by atoms with Gasteiger partial charge in [-0.1, -0.05) is 48.6 Å². The molecule has 0 bridgehead atoms. The Balaban J connectivity index is 1.42. The fourth-order valence-electron chi connectivity index (χ4n) is 3.70. The number of benzene rings is 2. The SMILES string of the molecule is C[C@H](O)c1nccn1[C@@H](/C=C/c1ccc(-c2ccc(O[C@H]3CCOC3)cc2)cc1)CO. The molecule has 1 saturated heterocycles. The lowest BCUT2D eigenvalue weighted by Crippen LogP contribution is -2.15. The van der Waals surface area contributed by atoms with E-state index in [2.05, 4.69) is 29.2 Å². The smallest absolute Gasteiger partial charge is 0.137 e. The lowest BCUT2D eigenvalue weighted by molar-refractivity contribution is 0.141. The number of ether oxygens (including phenoxy) is 2. The zero-order chi connectivity index (χ0) is 21.6. The maximum absolute atomic E-state index is 9.85. The lowest BCUT2D eigenvalue weighted by atomic mass is 10.0. The van der Waals surface area contributed by atoms with Crippen molar-refractivity contribution < 1.29 is 19.7 Å². The Bertz CT molecular complexity index is 987. The van der Waals surface area contributed by atoms with E-state index in [1.807, 2.05) is 36.4 Å². The van der Waals surface area contributed by atoms with E-state index < -0.39 is 6.10 Å². The van der Waals surface area contributed by atoms with Crippen molar-refractivity contribution >= 4 is 6.08 Å². The number of imidazole rings is 1. The standard InChI is InChI=1S/C25H28N2O4/c1-18(29)25-26-13-14-27(25)22(16-28)9-4-19-2-5-20(6-3-19)21-7-10-23(11-8-21)31-24-12-15-30-17-24/h2-11,13-14,18,22,24,28-29H,12,15-17H2,1H3/b9-4+/t18-,22-,24-/m0/s1. The minimum atomic E-state index is -0.694. The highest BCUT2D eigenvalue weighted by atomic mass is 16.5. The highest BCUT2D eigenvalue weighted by molar-refractivity contribution is 5.66. The minimum Gasteiger partial charge on any atom is -0.488 e. The van der Waals surface area contributed by atoms with Gasteiger partial charge in [-0.25, -0.2) is 4.98 Å². The average molecular weight is 421 g/mol. The van der Waals surface area contributed by atoms with Crippen LogP contribution in [0.1, 0.15) is 36.9 Å². The van der Waals surface area contributed by atoms with E-state index >= 15 is 0 Å². The summed E-state index contributed by atoms with van der Waals surface area (Å²) < 4.78 is 13.1. The second-order valence-corrected chi connectivity index (χ2v) is 7.73. The average Bonchev–Trinajstić information content (AvgIpc) is 3.48. The molecule has 0 radical (unpaired) electrons. The Morgan fingerprint density at radius 3 is 2.48 bits per heavy atom. The van der Waals surface area contributed by atoms with Gasteiger partial charge in [-0.15, -0.1) is 0 Å². The molecule has 0 saturated carbocycles. The molecular weight excluding hydrogens is 392 g/mol. The first kappa shape index (κ1) is 21.3. The van der Waals surface area contributed by atoms with E-state index in [-0.39, 0.29) is 18.8 Å². The molecule has 2 N–H and O–H groups in total. The summed E-state index contributed by atoms with van der Waals surface area (Å²) in [7, 11) is 0. The Kier molecular flexibility index (Phi) is 6.82. The summed E-state index contributed by atoms with van der Waals surface area (Å²) >= 11 is 0. The molecule has 3 aromatic rings. The molecule has 3 atom stereocenters. The zero-order valence-electron chi connectivity index (χ0n) is 17.6. The molecule has 4 rings (SSSR count). The summed E-state index contributed by atoms with van der Waals surface area (Å²) in [5, 5.41) is 19.6. The van der Waals surface area contributed by atoms with Crippen molar-refractivity contribution in [3.63, 3.8) is 0 Å². The number of aromatic nitrogens is 2. The largest absolute Gasteiger partial charge is 0.488 e. The van der Waals surface area contributed by atoms with Crippen LogP contribution in [0.3, 0.4) is 0 Å². The van der Waals surface area contributed by atoms with Gasteiger partial charge in [-0.3, -0.25) is 0 Å². The molecule has 0 aliphatic carbocycles. The summed E-state index contributed by atoms with van der Waals surface area (Å²) in [4.78, 5) is 4.17. The highest BCUT2D eigenvalue weighted by Gasteiger charge is 2.17. The molecular formula is C25H28N2O4. The normalized spacial score (nSPS) is 18.4. The van der Waals surface area contributed by atoms with Crippen molar-refractivity contribution in [1.29, 1.82) is 0 Å². The van der Waals surface area contributed by atoms with Gasteiger partial charge < -0.3 is 24.3 Å². The second kappa shape index (κ2) is 9.92. The third kappa shape index (κ3) is 5.22. The van der Waals surface area contributed by atoms with Crippen LogP contribution in [-0.4, -0.2) is 45.7 Å². The first-order valence-electron chi connectivity index (χ1n) is 10.6. The van der Waals surface area contributed by atoms with E-state index in [9.17, 15) is 10.2 Å². The fraction of sp³-hybridized carbons (Fsp3) is 0.320. The Morgan fingerprint density at radius 2 is 1.87 bits per heavy atom. The van der Waals surface area contributed by atoms with Gasteiger partial charge in [0.1, 0.15) is 23.8 Å². The summed E-state index contributed by atoms with van der Waals surface area (Å²) in [5.74, 6) is 1.40. The van der Waals surface area contributed by atoms with Crippen LogP contribution in [0.5, 0.6) is 5.75 Å². The first-order valence-corrected chi connectivity index (χ1v) is 10.6. The van der Waals surface area contributed by atoms with Crippen LogP contribution in [0.2, 0.25) is 0 Å². The maximum Gasteiger partial charge on any atom is 0.137 e. The number of hydrogen-bond acceptors (Lipinski definition) is 5. The van der Waals surface area contributed by atoms with Crippen LogP contribution in [0.4, 0.5) is 0 Å². The van der Waals surface area contributed by atoms with Gasteiger partial charge in [0, 0.05) is 18.8 Å². The summed E-state index contributed by atoms with van der Waals surface area (Å²) in [6, 6.07) is 16.1. The molecule has 6 heteroatoms. The van der Waals surface area contributed by atoms with Crippen molar-refractivity contribution in [3.05, 3.63) is 78.4 Å². The van der Waals surface area contributed by atoms with Gasteiger partial charge in [0.15, 0.2) is 0 Å². The third-order valence-electron chi connectivity index (χ3n) is 5.42. The molecule has 6 nitrogen and oxygen atoms in total. The van der Waals surface area contributed by atoms with Gasteiger partial charge >= 0.3 is 0 Å². The Hall–Kier alpha value is -2.93. The quantitative estimate of drug-likeness (QED) is 0.576. The maximum atomic E-state index is 9.85. The molecule has 1 aliphatic heterocycles. The highest BCUT2D eigenvalue weighted by Crippen LogP contribution is 2.25. The molecule has 31 heavy (non-hydrogen) atoms. The van der Waals surface area contributed by atoms with E-state index in [0.29, 0.717) is 12.4 Å². The lowest BCUT2D eigenvalue weighted by Gasteiger charge is -2.16. The van der Waals surface area contributed by atoms with Crippen LogP contribution in [-0.2, 0) is 4.74 Å². The van der Waals surface area contributed by atoms with Crippen molar-refractivity contribution in [3.8, 4) is 16.9 Å². The van der Waals surface area contributed by atoms with E-state index in [4.69, 9.17) is 9.47 Å². The Labute approximate surface area is 182 Å². The van der Waals surface area contributed by atoms with Crippen LogP contribution >= 0.6 is 0 Å². The number of rotatable bonds is 8. The molecule has 2 aromatic carbocycles. The van der Waals surface area contributed by atoms with Crippen LogP contribution in [0.25, 0.3) is 17.2 Å². The molecule has 2 heterocycles.